The van der Waals surface area contributed by atoms with Gasteiger partial charge in [0.15, 0.2) is 0 Å². The van der Waals surface area contributed by atoms with Crippen LogP contribution in [0, 0.1) is 0 Å². The molecule has 0 saturated heterocycles. The minimum atomic E-state index is -0.743. The zero-order chi connectivity index (χ0) is 40.1. The number of aliphatic hydroxyl groups is 3. The zero-order valence-electron chi connectivity index (χ0n) is 37.6. The predicted octanol–water partition coefficient (Wildman–Crippen LogP) is 15.0. The summed E-state index contributed by atoms with van der Waals surface area (Å²) in [5.74, 6) is -0.277. The monoisotopic (exact) mass is 780 g/mol. The van der Waals surface area contributed by atoms with E-state index in [0.717, 1.165) is 25.7 Å². The van der Waals surface area contributed by atoms with Gasteiger partial charge >= 0.3 is 0 Å². The van der Waals surface area contributed by atoms with Gasteiger partial charge in [0.1, 0.15) is 0 Å². The van der Waals surface area contributed by atoms with E-state index >= 15 is 0 Å². The van der Waals surface area contributed by atoms with E-state index in [1.165, 1.54) is 231 Å². The molecule has 0 fully saturated rings. The van der Waals surface area contributed by atoms with Gasteiger partial charge in [0, 0.05) is 0 Å². The smallest absolute Gasteiger partial charge is 0.222 e. The summed E-state index contributed by atoms with van der Waals surface area (Å²) >= 11 is 0. The third-order valence-electron chi connectivity index (χ3n) is 12.2. The van der Waals surface area contributed by atoms with Crippen molar-refractivity contribution in [2.75, 3.05) is 6.61 Å². The van der Waals surface area contributed by atoms with Crippen molar-refractivity contribution in [3.63, 3.8) is 0 Å². The fourth-order valence-corrected chi connectivity index (χ4v) is 8.29. The molecule has 0 saturated carbocycles. The number of carbonyl (C=O) groups is 1. The number of hydrogen-bond donors (Lipinski definition) is 4. The molecule has 1 amide bonds. The number of aliphatic hydroxyl groups excluding tert-OH is 3. The Hall–Kier alpha value is -0.650. The Morgan fingerprint density at radius 3 is 0.873 bits per heavy atom. The summed E-state index contributed by atoms with van der Waals surface area (Å²) < 4.78 is 0. The summed E-state index contributed by atoms with van der Waals surface area (Å²) in [6.45, 7) is 4.29. The predicted molar refractivity (Wildman–Crippen MR) is 241 cm³/mol. The van der Waals surface area contributed by atoms with Gasteiger partial charge in [-0.25, -0.2) is 0 Å². The molecule has 0 aliphatic carbocycles. The fraction of sp³-hybridized carbons (Fsp3) is 0.980. The molecule has 3 unspecified atom stereocenters. The van der Waals surface area contributed by atoms with Crippen molar-refractivity contribution in [3.05, 3.63) is 0 Å². The Bertz CT molecular complexity index is 733. The second-order valence-corrected chi connectivity index (χ2v) is 17.8. The molecule has 330 valence electrons. The Morgan fingerprint density at radius 1 is 0.382 bits per heavy atom. The third kappa shape index (κ3) is 42.8. The van der Waals surface area contributed by atoms with Gasteiger partial charge in [-0.2, -0.15) is 0 Å². The van der Waals surface area contributed by atoms with Crippen LogP contribution in [-0.4, -0.2) is 46.1 Å². The van der Waals surface area contributed by atoms with Crippen molar-refractivity contribution in [2.45, 2.75) is 308 Å². The van der Waals surface area contributed by atoms with E-state index in [1.807, 2.05) is 0 Å². The fourth-order valence-electron chi connectivity index (χ4n) is 8.29. The Balaban J connectivity index is 3.47. The van der Waals surface area contributed by atoms with Gasteiger partial charge in [0.25, 0.3) is 0 Å². The Morgan fingerprint density at radius 2 is 0.618 bits per heavy atom. The van der Waals surface area contributed by atoms with E-state index < -0.39 is 18.2 Å². The quantitative estimate of drug-likeness (QED) is 0.0463. The normalized spacial score (nSPS) is 13.3. The van der Waals surface area contributed by atoms with Gasteiger partial charge in [0.05, 0.1) is 31.3 Å². The van der Waals surface area contributed by atoms with Crippen molar-refractivity contribution < 1.29 is 20.1 Å². The molecule has 0 aliphatic heterocycles. The second-order valence-electron chi connectivity index (χ2n) is 17.8. The van der Waals surface area contributed by atoms with Crippen molar-refractivity contribution in [2.24, 2.45) is 0 Å². The van der Waals surface area contributed by atoms with Crippen LogP contribution in [0.2, 0.25) is 0 Å². The number of rotatable bonds is 47. The van der Waals surface area contributed by atoms with E-state index in [4.69, 9.17) is 0 Å². The molecular weight excluding hydrogens is 679 g/mol. The van der Waals surface area contributed by atoms with Crippen molar-refractivity contribution in [3.8, 4) is 0 Å². The van der Waals surface area contributed by atoms with Crippen LogP contribution in [0.5, 0.6) is 0 Å². The van der Waals surface area contributed by atoms with Gasteiger partial charge in [-0.1, -0.05) is 271 Å². The summed E-state index contributed by atoms with van der Waals surface area (Å²) in [6, 6.07) is -0.652. The molecule has 0 bridgehead atoms. The topological polar surface area (TPSA) is 89.8 Å². The van der Waals surface area contributed by atoms with Crippen molar-refractivity contribution >= 4 is 5.91 Å². The third-order valence-corrected chi connectivity index (χ3v) is 12.2. The summed E-state index contributed by atoms with van der Waals surface area (Å²) in [4.78, 5) is 12.5. The summed E-state index contributed by atoms with van der Waals surface area (Å²) in [7, 11) is 0. The van der Waals surface area contributed by atoms with Crippen LogP contribution in [0.3, 0.4) is 0 Å². The van der Waals surface area contributed by atoms with E-state index in [0.29, 0.717) is 12.8 Å². The highest BCUT2D eigenvalue weighted by molar-refractivity contribution is 5.76. The SMILES string of the molecule is CCCCCCCCCCCCCCCCCCCCCCCCCCCCCC(O)CC(=O)NC(CO)C(O)CCCCCCCCCCCCCCC. The first-order chi connectivity index (χ1) is 27.0. The van der Waals surface area contributed by atoms with Crippen LogP contribution in [0.15, 0.2) is 0 Å². The number of hydrogen-bond acceptors (Lipinski definition) is 4. The van der Waals surface area contributed by atoms with Gasteiger partial charge in [-0.05, 0) is 12.8 Å². The maximum atomic E-state index is 12.5. The molecule has 0 aliphatic rings. The number of nitrogens with one attached hydrogen (secondary N) is 1. The van der Waals surface area contributed by atoms with Crippen LogP contribution >= 0.6 is 0 Å². The molecule has 55 heavy (non-hydrogen) atoms. The highest BCUT2D eigenvalue weighted by Gasteiger charge is 2.21. The van der Waals surface area contributed by atoms with E-state index in [9.17, 15) is 20.1 Å². The molecule has 0 rings (SSSR count). The number of amides is 1. The number of carbonyl (C=O) groups excluding carboxylic acids is 1. The van der Waals surface area contributed by atoms with E-state index in [1.54, 1.807) is 0 Å². The standard InChI is InChI=1S/C50H101NO4/c1-3-5-7-9-11-13-15-17-18-19-20-21-22-23-24-25-26-27-28-29-30-32-33-35-37-39-41-43-47(53)45-50(55)51-48(46-52)49(54)44-42-40-38-36-34-31-16-14-12-10-8-6-4-2/h47-49,52-54H,3-46H2,1-2H3,(H,51,55). The van der Waals surface area contributed by atoms with Crippen LogP contribution in [0.25, 0.3) is 0 Å². The highest BCUT2D eigenvalue weighted by atomic mass is 16.3. The Kier molecular flexibility index (Phi) is 45.5. The van der Waals surface area contributed by atoms with Gasteiger partial charge in [0.2, 0.25) is 5.91 Å². The van der Waals surface area contributed by atoms with Crippen molar-refractivity contribution in [1.29, 1.82) is 0 Å². The lowest BCUT2D eigenvalue weighted by Gasteiger charge is -2.23. The minimum Gasteiger partial charge on any atom is -0.394 e. The van der Waals surface area contributed by atoms with Crippen molar-refractivity contribution in [1.82, 2.24) is 5.32 Å². The molecule has 0 aromatic carbocycles. The minimum absolute atomic E-state index is 0.0431. The molecular formula is C50H101NO4. The molecule has 5 nitrogen and oxygen atoms in total. The van der Waals surface area contributed by atoms with E-state index in [-0.39, 0.29) is 18.9 Å². The second kappa shape index (κ2) is 46.0. The average Bonchev–Trinajstić information content (AvgIpc) is 3.18. The summed E-state index contributed by atoms with van der Waals surface area (Å²) in [5.41, 5.74) is 0. The molecule has 3 atom stereocenters. The highest BCUT2D eigenvalue weighted by Crippen LogP contribution is 2.18. The van der Waals surface area contributed by atoms with Gasteiger partial charge in [-0.3, -0.25) is 4.79 Å². The lowest BCUT2D eigenvalue weighted by molar-refractivity contribution is -0.125. The molecule has 0 aromatic heterocycles. The molecule has 0 radical (unpaired) electrons. The first kappa shape index (κ1) is 54.3. The first-order valence-electron chi connectivity index (χ1n) is 25.3. The largest absolute Gasteiger partial charge is 0.394 e. The zero-order valence-corrected chi connectivity index (χ0v) is 37.6. The van der Waals surface area contributed by atoms with Crippen LogP contribution < -0.4 is 5.32 Å². The Labute approximate surface area is 345 Å². The molecule has 0 heterocycles. The average molecular weight is 780 g/mol. The van der Waals surface area contributed by atoms with E-state index in [2.05, 4.69) is 19.2 Å². The summed E-state index contributed by atoms with van der Waals surface area (Å²) in [5, 5.41) is 33.5. The van der Waals surface area contributed by atoms with Crippen LogP contribution in [0.4, 0.5) is 0 Å². The molecule has 4 N–H and O–H groups in total. The molecule has 0 aromatic rings. The number of unbranched alkanes of at least 4 members (excludes halogenated alkanes) is 38. The lowest BCUT2D eigenvalue weighted by atomic mass is 10.0. The molecule has 0 spiro atoms. The van der Waals surface area contributed by atoms with Crippen LogP contribution in [-0.2, 0) is 4.79 Å². The first-order valence-corrected chi connectivity index (χ1v) is 25.3. The lowest BCUT2D eigenvalue weighted by Crippen LogP contribution is -2.46. The van der Waals surface area contributed by atoms with Gasteiger partial charge < -0.3 is 20.6 Å². The van der Waals surface area contributed by atoms with Crippen LogP contribution in [0.1, 0.15) is 290 Å². The summed E-state index contributed by atoms with van der Waals surface area (Å²) in [6.07, 6.45) is 53.9. The molecule has 5 heteroatoms. The van der Waals surface area contributed by atoms with Gasteiger partial charge in [-0.15, -0.1) is 0 Å². The maximum Gasteiger partial charge on any atom is 0.222 e. The maximum absolute atomic E-state index is 12.5.